The molecule has 3 N–H and O–H groups in total. The number of hydrogen-bond acceptors (Lipinski definition) is 9. The van der Waals surface area contributed by atoms with Crippen molar-refractivity contribution in [3.05, 3.63) is 71.1 Å². The molecule has 4 rings (SSSR count). The van der Waals surface area contributed by atoms with E-state index >= 15 is 0 Å². The molecule has 0 saturated carbocycles. The first-order valence-electron chi connectivity index (χ1n) is 12.0. The largest absolute Gasteiger partial charge is 0.495 e. The van der Waals surface area contributed by atoms with Gasteiger partial charge in [-0.2, -0.15) is 0 Å². The molecule has 0 unspecified atom stereocenters. The van der Waals surface area contributed by atoms with Crippen molar-refractivity contribution in [1.29, 1.82) is 0 Å². The van der Waals surface area contributed by atoms with Crippen LogP contribution in [0.25, 0.3) is 11.3 Å². The Hall–Kier alpha value is -4.00. The number of halogens is 1. The average Bonchev–Trinajstić information content (AvgIpc) is 3.43. The first-order valence-corrected chi connectivity index (χ1v) is 14.8. The zero-order valence-corrected chi connectivity index (χ0v) is 24.2. The molecule has 0 atom stereocenters. The van der Waals surface area contributed by atoms with Gasteiger partial charge in [0.05, 0.1) is 35.0 Å². The third kappa shape index (κ3) is 7.14. The number of hydrogen-bond donors (Lipinski definition) is 3. The lowest BCUT2D eigenvalue weighted by atomic mass is 10.1. The van der Waals surface area contributed by atoms with E-state index in [1.165, 1.54) is 36.6 Å². The highest BCUT2D eigenvalue weighted by molar-refractivity contribution is 7.92. The molecular formula is C27H27ClN4O6S2. The second kappa shape index (κ2) is 12.9. The molecule has 40 heavy (non-hydrogen) atoms. The van der Waals surface area contributed by atoms with Gasteiger partial charge in [0.1, 0.15) is 17.2 Å². The summed E-state index contributed by atoms with van der Waals surface area (Å²) in [6.07, 6.45) is 0. The van der Waals surface area contributed by atoms with Crippen LogP contribution in [-0.2, 0) is 14.8 Å². The lowest BCUT2D eigenvalue weighted by molar-refractivity contribution is -0.118. The van der Waals surface area contributed by atoms with Gasteiger partial charge in [-0.25, -0.2) is 13.4 Å². The smallest absolute Gasteiger partial charge is 0.262 e. The first-order chi connectivity index (χ1) is 19.2. The van der Waals surface area contributed by atoms with Crippen LogP contribution in [0.15, 0.2) is 70.9 Å². The van der Waals surface area contributed by atoms with E-state index in [2.05, 4.69) is 20.3 Å². The number of benzene rings is 3. The van der Waals surface area contributed by atoms with Crippen LogP contribution in [0.3, 0.4) is 0 Å². The van der Waals surface area contributed by atoms with Crippen molar-refractivity contribution in [2.24, 2.45) is 0 Å². The number of rotatable bonds is 12. The summed E-state index contributed by atoms with van der Waals surface area (Å²) >= 11 is 7.76. The molecule has 4 aromatic rings. The van der Waals surface area contributed by atoms with Gasteiger partial charge >= 0.3 is 0 Å². The second-order valence-electron chi connectivity index (χ2n) is 8.19. The molecule has 210 valence electrons. The Kier molecular flexibility index (Phi) is 9.35. The third-order valence-corrected chi connectivity index (χ3v) is 8.01. The molecule has 0 aliphatic carbocycles. The van der Waals surface area contributed by atoms with Crippen molar-refractivity contribution >= 4 is 55.4 Å². The van der Waals surface area contributed by atoms with Gasteiger partial charge in [-0.05, 0) is 67.6 Å². The fraction of sp³-hybridized carbons (Fsp3) is 0.185. The van der Waals surface area contributed by atoms with E-state index in [0.29, 0.717) is 29.5 Å². The minimum absolute atomic E-state index is 0.0332. The van der Waals surface area contributed by atoms with Crippen LogP contribution in [0, 0.1) is 0 Å². The molecule has 0 fully saturated rings. The molecule has 0 aliphatic rings. The molecule has 0 bridgehead atoms. The Bertz CT molecular complexity index is 1590. The van der Waals surface area contributed by atoms with Crippen LogP contribution >= 0.6 is 22.9 Å². The summed E-state index contributed by atoms with van der Waals surface area (Å²) in [4.78, 5) is 17.1. The Morgan fingerprint density at radius 3 is 2.42 bits per heavy atom. The topological polar surface area (TPSA) is 128 Å². The lowest BCUT2D eigenvalue weighted by Gasteiger charge is -2.13. The second-order valence-corrected chi connectivity index (χ2v) is 11.1. The van der Waals surface area contributed by atoms with Crippen molar-refractivity contribution in [1.82, 2.24) is 4.98 Å². The number of sulfonamides is 1. The molecule has 3 aromatic carbocycles. The number of nitrogens with zero attached hydrogens (tertiary/aromatic N) is 1. The molecule has 0 saturated heterocycles. The van der Waals surface area contributed by atoms with Gasteiger partial charge in [-0.3, -0.25) is 9.52 Å². The van der Waals surface area contributed by atoms with Gasteiger partial charge in [0, 0.05) is 23.7 Å². The Morgan fingerprint density at radius 2 is 1.77 bits per heavy atom. The normalized spacial score (nSPS) is 11.0. The SMILES string of the molecule is CCOc1ccc(NS(=O)(=O)c2ccc(OCC(=O)Nc3cc(-c4csc(NC)n4)ccc3OC)c(Cl)c2)cc1. The summed E-state index contributed by atoms with van der Waals surface area (Å²) in [7, 11) is -0.621. The van der Waals surface area contributed by atoms with E-state index in [0.717, 1.165) is 16.4 Å². The minimum Gasteiger partial charge on any atom is -0.495 e. The lowest BCUT2D eigenvalue weighted by Crippen LogP contribution is -2.20. The molecule has 10 nitrogen and oxygen atoms in total. The van der Waals surface area contributed by atoms with Crippen LogP contribution in [0.1, 0.15) is 6.92 Å². The molecule has 0 aliphatic heterocycles. The number of aromatic nitrogens is 1. The molecular weight excluding hydrogens is 576 g/mol. The number of nitrogens with one attached hydrogen (secondary N) is 3. The number of carbonyl (C=O) groups excluding carboxylic acids is 1. The number of anilines is 3. The minimum atomic E-state index is -3.92. The third-order valence-electron chi connectivity index (χ3n) is 5.48. The fourth-order valence-corrected chi connectivity index (χ4v) is 5.65. The van der Waals surface area contributed by atoms with Gasteiger partial charge < -0.3 is 24.8 Å². The Morgan fingerprint density at radius 1 is 1.02 bits per heavy atom. The quantitative estimate of drug-likeness (QED) is 0.188. The standard InChI is InChI=1S/C27H27ClN4O6S2/c1-4-37-19-8-6-18(7-9-19)32-40(34,35)20-10-12-24(21(28)14-20)38-15-26(33)30-22-13-17(5-11-25(22)36-3)23-16-39-27(29-2)31-23/h5-14,16,32H,4,15H2,1-3H3,(H,29,31)(H,30,33). The summed E-state index contributed by atoms with van der Waals surface area (Å²) in [6.45, 7) is 2.00. The van der Waals surface area contributed by atoms with Crippen LogP contribution < -0.4 is 29.6 Å². The molecule has 1 heterocycles. The first kappa shape index (κ1) is 29.0. The van der Waals surface area contributed by atoms with E-state index in [9.17, 15) is 13.2 Å². The molecule has 1 amide bonds. The zero-order chi connectivity index (χ0) is 28.7. The van der Waals surface area contributed by atoms with Crippen molar-refractivity contribution in [3.8, 4) is 28.5 Å². The van der Waals surface area contributed by atoms with Gasteiger partial charge in [0.2, 0.25) is 0 Å². The van der Waals surface area contributed by atoms with Crippen LogP contribution in [-0.4, -0.2) is 46.7 Å². The number of carbonyl (C=O) groups is 1. The van der Waals surface area contributed by atoms with E-state index in [1.807, 2.05) is 18.4 Å². The Balaban J connectivity index is 1.40. The zero-order valence-electron chi connectivity index (χ0n) is 21.9. The van der Waals surface area contributed by atoms with Crippen LogP contribution in [0.5, 0.6) is 17.2 Å². The molecule has 1 aromatic heterocycles. The molecule has 13 heteroatoms. The van der Waals surface area contributed by atoms with E-state index in [4.69, 9.17) is 25.8 Å². The van der Waals surface area contributed by atoms with Crippen LogP contribution in [0.4, 0.5) is 16.5 Å². The van der Waals surface area contributed by atoms with Crippen LogP contribution in [0.2, 0.25) is 5.02 Å². The summed E-state index contributed by atoms with van der Waals surface area (Å²) in [6, 6.07) is 15.9. The maximum absolute atomic E-state index is 12.8. The van der Waals surface area contributed by atoms with E-state index < -0.39 is 15.9 Å². The van der Waals surface area contributed by atoms with Gasteiger partial charge in [-0.1, -0.05) is 11.6 Å². The maximum Gasteiger partial charge on any atom is 0.262 e. The van der Waals surface area contributed by atoms with Crippen molar-refractivity contribution in [2.45, 2.75) is 11.8 Å². The number of thiazole rings is 1. The average molecular weight is 603 g/mol. The number of methoxy groups -OCH3 is 1. The highest BCUT2D eigenvalue weighted by atomic mass is 35.5. The van der Waals surface area contributed by atoms with Gasteiger partial charge in [0.25, 0.3) is 15.9 Å². The fourth-order valence-electron chi connectivity index (χ4n) is 3.58. The van der Waals surface area contributed by atoms with Gasteiger partial charge in [0.15, 0.2) is 11.7 Å². The highest BCUT2D eigenvalue weighted by Crippen LogP contribution is 2.33. The highest BCUT2D eigenvalue weighted by Gasteiger charge is 2.18. The number of amides is 1. The number of ether oxygens (including phenoxy) is 3. The van der Waals surface area contributed by atoms with Crippen molar-refractivity contribution in [3.63, 3.8) is 0 Å². The molecule has 0 radical (unpaired) electrons. The van der Waals surface area contributed by atoms with E-state index in [1.54, 1.807) is 43.4 Å². The van der Waals surface area contributed by atoms with Crippen molar-refractivity contribution in [2.75, 3.05) is 42.7 Å². The summed E-state index contributed by atoms with van der Waals surface area (Å²) in [5.41, 5.74) is 2.37. The predicted octanol–water partition coefficient (Wildman–Crippen LogP) is 5.73. The van der Waals surface area contributed by atoms with E-state index in [-0.39, 0.29) is 22.3 Å². The summed E-state index contributed by atoms with van der Waals surface area (Å²) < 4.78 is 44.5. The maximum atomic E-state index is 12.8. The monoisotopic (exact) mass is 602 g/mol. The van der Waals surface area contributed by atoms with Gasteiger partial charge in [-0.15, -0.1) is 11.3 Å². The van der Waals surface area contributed by atoms with Crippen molar-refractivity contribution < 1.29 is 27.4 Å². The summed E-state index contributed by atoms with van der Waals surface area (Å²) in [5, 5.41) is 8.47. The summed E-state index contributed by atoms with van der Waals surface area (Å²) in [5.74, 6) is 0.788. The Labute approximate surface area is 241 Å². The molecule has 0 spiro atoms. The predicted molar refractivity (Wildman–Crippen MR) is 158 cm³/mol.